The first-order valence-electron chi connectivity index (χ1n) is 29.7. The number of hydrogen-bond donors (Lipinski definition) is 0. The van der Waals surface area contributed by atoms with Gasteiger partial charge in [0.15, 0.2) is 0 Å². The number of furan rings is 1. The third-order valence-corrected chi connectivity index (χ3v) is 19.0. The largest absolute Gasteiger partial charge is 0.458 e. The molecular weight excluding hydrogens is 1080 g/mol. The lowest BCUT2D eigenvalue weighted by Gasteiger charge is -2.46. The summed E-state index contributed by atoms with van der Waals surface area (Å²) in [5.74, 6) is 1.74. The van der Waals surface area contributed by atoms with Gasteiger partial charge in [0, 0.05) is 83.4 Å². The molecule has 13 aromatic carbocycles. The van der Waals surface area contributed by atoms with Crippen LogP contribution in [0, 0.1) is 0 Å². The van der Waals surface area contributed by atoms with Crippen molar-refractivity contribution in [2.45, 2.75) is 9.79 Å². The topological polar surface area (TPSA) is 35.3 Å². The van der Waals surface area contributed by atoms with E-state index in [-0.39, 0.29) is 13.4 Å². The first-order chi connectivity index (χ1) is 43.2. The Bertz CT molecular complexity index is 4960. The smallest absolute Gasteiger partial charge is 0.253 e. The fraction of sp³-hybridized carbons (Fsp3) is 0. The zero-order valence-electron chi connectivity index (χ0n) is 47.0. The van der Waals surface area contributed by atoms with Gasteiger partial charge in [0.2, 0.25) is 0 Å². The monoisotopic (exact) mass is 1130 g/mol. The average Bonchev–Trinajstić information content (AvgIpc) is 0.861. The Kier molecular flexibility index (Phi) is 11.3. The number of fused-ring (bicyclic) bond motifs is 11. The van der Waals surface area contributed by atoms with Gasteiger partial charge >= 0.3 is 0 Å². The van der Waals surface area contributed by atoms with Crippen molar-refractivity contribution < 1.29 is 9.15 Å². The van der Waals surface area contributed by atoms with Crippen molar-refractivity contribution in [3.8, 4) is 22.6 Å². The summed E-state index contributed by atoms with van der Waals surface area (Å²) < 4.78 is 14.3. The molecule has 0 saturated heterocycles. The zero-order chi connectivity index (χ0) is 57.1. The SMILES string of the molecule is c1ccc(-c2c(N3c4cc5c(cc4B4c6ccccc6N(c6ccccc6)c6cc(N(c7ccccc7)c7ccccc7)cc3c64)B3c4ccccc4Oc4cc(N(c6ccccc6)c6ccccc6)cc(c43)S5)ccc3c2oc2ccccc23)cc1. The molecular formula is C78H50B2N4O2S. The second-order valence-corrected chi connectivity index (χ2v) is 23.8. The predicted octanol–water partition coefficient (Wildman–Crippen LogP) is 17.4. The van der Waals surface area contributed by atoms with Crippen molar-refractivity contribution in [2.24, 2.45) is 0 Å². The Balaban J connectivity index is 0.959. The van der Waals surface area contributed by atoms with E-state index in [1.807, 2.05) is 11.8 Å². The molecule has 4 aliphatic heterocycles. The molecule has 0 radical (unpaired) electrons. The Labute approximate surface area is 509 Å². The van der Waals surface area contributed by atoms with Gasteiger partial charge in [-0.05, 0) is 148 Å². The number of hydrogen-bond acceptors (Lipinski definition) is 7. The van der Waals surface area contributed by atoms with Gasteiger partial charge in [-0.25, -0.2) is 0 Å². The van der Waals surface area contributed by atoms with E-state index in [0.717, 1.165) is 123 Å². The van der Waals surface area contributed by atoms with Crippen LogP contribution >= 0.6 is 11.8 Å². The Morgan fingerprint density at radius 3 is 1.53 bits per heavy atom. The maximum absolute atomic E-state index is 7.16. The van der Waals surface area contributed by atoms with E-state index >= 15 is 0 Å². The number of benzene rings is 13. The third-order valence-electron chi connectivity index (χ3n) is 17.9. The quantitative estimate of drug-likeness (QED) is 0.133. The second kappa shape index (κ2) is 19.9. The summed E-state index contributed by atoms with van der Waals surface area (Å²) in [6.07, 6.45) is 0. The van der Waals surface area contributed by atoms with Crippen LogP contribution < -0.4 is 57.1 Å². The molecule has 5 heterocycles. The van der Waals surface area contributed by atoms with Gasteiger partial charge in [-0.3, -0.25) is 0 Å². The molecule has 18 rings (SSSR count). The van der Waals surface area contributed by atoms with Crippen molar-refractivity contribution in [3.63, 3.8) is 0 Å². The lowest BCUT2D eigenvalue weighted by atomic mass is 9.31. The van der Waals surface area contributed by atoms with Crippen LogP contribution in [0.2, 0.25) is 0 Å². The van der Waals surface area contributed by atoms with E-state index in [4.69, 9.17) is 9.15 Å². The molecule has 87 heavy (non-hydrogen) atoms. The zero-order valence-corrected chi connectivity index (χ0v) is 47.9. The van der Waals surface area contributed by atoms with E-state index in [9.17, 15) is 0 Å². The molecule has 1 aromatic heterocycles. The van der Waals surface area contributed by atoms with Gasteiger partial charge in [0.05, 0.1) is 17.1 Å². The van der Waals surface area contributed by atoms with Gasteiger partial charge in [-0.15, -0.1) is 0 Å². The van der Waals surface area contributed by atoms with Crippen molar-refractivity contribution in [1.82, 2.24) is 0 Å². The van der Waals surface area contributed by atoms with Crippen LogP contribution in [0.5, 0.6) is 11.5 Å². The number of ether oxygens (including phenoxy) is 1. The van der Waals surface area contributed by atoms with Crippen molar-refractivity contribution in [3.05, 3.63) is 303 Å². The minimum Gasteiger partial charge on any atom is -0.458 e. The molecule has 6 nitrogen and oxygen atoms in total. The minimum absolute atomic E-state index is 0.120. The standard InChI is InChI=1S/C78H50B2N4O2S/c1-7-25-51(26-8-1)75-66(44-43-60-59-37-19-23-41-70(59)86-78(60)75)84-67-50-73-64(80-62-39-21-24-42-71(62)85-72-47-58(48-74(87-73)77(72)80)82(54-31-13-4-14-32-54)55-33-15-5-16-34-55)49-63(67)79-61-38-20-22-40-65(61)83(56-35-17-6-18-36-56)68-45-57(46-69(84)76(68)79)81(52-27-9-2-10-28-52)53-29-11-3-12-30-53/h1-50H. The molecule has 0 spiro atoms. The Morgan fingerprint density at radius 2 is 0.862 bits per heavy atom. The van der Waals surface area contributed by atoms with E-state index in [2.05, 4.69) is 323 Å². The van der Waals surface area contributed by atoms with Gasteiger partial charge < -0.3 is 28.8 Å². The highest BCUT2D eigenvalue weighted by Gasteiger charge is 2.47. The van der Waals surface area contributed by atoms with Crippen molar-refractivity contribution in [2.75, 3.05) is 19.6 Å². The highest BCUT2D eigenvalue weighted by atomic mass is 32.2. The van der Waals surface area contributed by atoms with E-state index < -0.39 is 0 Å². The Morgan fingerprint density at radius 1 is 0.322 bits per heavy atom. The van der Waals surface area contributed by atoms with Crippen LogP contribution in [0.25, 0.3) is 33.1 Å². The number of anilines is 12. The van der Waals surface area contributed by atoms with Crippen molar-refractivity contribution in [1.29, 1.82) is 0 Å². The highest BCUT2D eigenvalue weighted by molar-refractivity contribution is 8.00. The van der Waals surface area contributed by atoms with Crippen LogP contribution in [0.4, 0.5) is 68.2 Å². The maximum atomic E-state index is 7.16. The fourth-order valence-corrected chi connectivity index (χ4v) is 15.5. The highest BCUT2D eigenvalue weighted by Crippen LogP contribution is 2.53. The molecule has 14 aromatic rings. The minimum atomic E-state index is -0.178. The van der Waals surface area contributed by atoms with Crippen LogP contribution in [-0.4, -0.2) is 13.4 Å². The van der Waals surface area contributed by atoms with E-state index in [1.54, 1.807) is 0 Å². The molecule has 9 heteroatoms. The molecule has 0 atom stereocenters. The normalized spacial score (nSPS) is 13.0. The van der Waals surface area contributed by atoms with Crippen LogP contribution in [-0.2, 0) is 0 Å². The van der Waals surface area contributed by atoms with Crippen LogP contribution in [0.3, 0.4) is 0 Å². The molecule has 0 N–H and O–H groups in total. The van der Waals surface area contributed by atoms with Gasteiger partial charge in [-0.1, -0.05) is 199 Å². The molecule has 406 valence electrons. The number of nitrogens with zero attached hydrogens (tertiary/aromatic N) is 4. The number of para-hydroxylation sites is 8. The fourth-order valence-electron chi connectivity index (χ4n) is 14.3. The van der Waals surface area contributed by atoms with Crippen LogP contribution in [0.15, 0.2) is 318 Å². The predicted molar refractivity (Wildman–Crippen MR) is 364 cm³/mol. The first-order valence-corrected chi connectivity index (χ1v) is 30.5. The van der Waals surface area contributed by atoms with Crippen LogP contribution in [0.1, 0.15) is 0 Å². The summed E-state index contributed by atoms with van der Waals surface area (Å²) >= 11 is 1.85. The molecule has 0 aliphatic carbocycles. The van der Waals surface area contributed by atoms with Crippen molar-refractivity contribution >= 4 is 148 Å². The van der Waals surface area contributed by atoms with Gasteiger partial charge in [-0.2, -0.15) is 0 Å². The van der Waals surface area contributed by atoms with Gasteiger partial charge in [0.1, 0.15) is 22.7 Å². The molecule has 0 saturated carbocycles. The molecule has 4 aliphatic rings. The summed E-state index contributed by atoms with van der Waals surface area (Å²) in [5.41, 5.74) is 24.0. The lowest BCUT2D eigenvalue weighted by molar-refractivity contribution is 0.486. The summed E-state index contributed by atoms with van der Waals surface area (Å²) in [6, 6.07) is 110. The number of rotatable bonds is 9. The summed E-state index contributed by atoms with van der Waals surface area (Å²) in [4.78, 5) is 12.2. The Hall–Kier alpha value is -10.9. The summed E-state index contributed by atoms with van der Waals surface area (Å²) in [6.45, 7) is -0.298. The van der Waals surface area contributed by atoms with Gasteiger partial charge in [0.25, 0.3) is 13.4 Å². The third kappa shape index (κ3) is 7.79. The molecule has 0 fully saturated rings. The second-order valence-electron chi connectivity index (χ2n) is 22.7. The summed E-state index contributed by atoms with van der Waals surface area (Å²) in [5, 5.41) is 2.16. The van der Waals surface area contributed by atoms with E-state index in [0.29, 0.717) is 0 Å². The first kappa shape index (κ1) is 49.6. The molecule has 0 bridgehead atoms. The lowest BCUT2D eigenvalue weighted by Crippen LogP contribution is -2.64. The maximum Gasteiger partial charge on any atom is 0.253 e. The summed E-state index contributed by atoms with van der Waals surface area (Å²) in [7, 11) is 0. The van der Waals surface area contributed by atoms with E-state index in [1.165, 1.54) is 32.2 Å². The molecule has 0 unspecified atom stereocenters. The average molecular weight is 1130 g/mol. The molecule has 0 amide bonds.